The van der Waals surface area contributed by atoms with E-state index in [0.29, 0.717) is 12.0 Å². The minimum absolute atomic E-state index is 0.321. The summed E-state index contributed by atoms with van der Waals surface area (Å²) in [6.07, 6.45) is -0.775. The molecule has 2 nitrogen and oxygen atoms in total. The van der Waals surface area contributed by atoms with Crippen molar-refractivity contribution in [1.82, 2.24) is 4.98 Å². The summed E-state index contributed by atoms with van der Waals surface area (Å²) in [5.74, 6) is 0. The Morgan fingerprint density at radius 2 is 1.95 bits per heavy atom. The molecule has 0 amide bonds. The Hall–Kier alpha value is -1.40. The first-order valence-electron chi connectivity index (χ1n) is 5.88. The van der Waals surface area contributed by atoms with E-state index in [1.807, 2.05) is 6.07 Å². The van der Waals surface area contributed by atoms with Crippen LogP contribution in [0.2, 0.25) is 0 Å². The van der Waals surface area contributed by atoms with Crippen molar-refractivity contribution in [2.75, 3.05) is 0 Å². The van der Waals surface area contributed by atoms with Gasteiger partial charge in [0, 0.05) is 22.9 Å². The van der Waals surface area contributed by atoms with E-state index in [2.05, 4.69) is 20.9 Å². The Kier molecular flexibility index (Phi) is 4.45. The minimum Gasteiger partial charge on any atom is -0.324 e. The van der Waals surface area contributed by atoms with Crippen molar-refractivity contribution >= 4 is 15.9 Å². The van der Waals surface area contributed by atoms with Crippen LogP contribution >= 0.6 is 15.9 Å². The summed E-state index contributed by atoms with van der Waals surface area (Å²) < 4.78 is 38.7. The lowest BCUT2D eigenvalue weighted by Gasteiger charge is -2.13. The van der Waals surface area contributed by atoms with Crippen LogP contribution in [0.4, 0.5) is 13.2 Å². The lowest BCUT2D eigenvalue weighted by molar-refractivity contribution is -0.137. The predicted molar refractivity (Wildman–Crippen MR) is 74.0 cm³/mol. The lowest BCUT2D eigenvalue weighted by atomic mass is 9.99. The highest BCUT2D eigenvalue weighted by atomic mass is 79.9. The molecule has 20 heavy (non-hydrogen) atoms. The van der Waals surface area contributed by atoms with Gasteiger partial charge in [-0.25, -0.2) is 0 Å². The summed E-state index contributed by atoms with van der Waals surface area (Å²) in [7, 11) is 0. The molecular weight excluding hydrogens is 333 g/mol. The Balaban J connectivity index is 2.18. The maximum Gasteiger partial charge on any atom is 0.416 e. The second-order valence-corrected chi connectivity index (χ2v) is 5.36. The van der Waals surface area contributed by atoms with Crippen molar-refractivity contribution in [2.24, 2.45) is 5.73 Å². The van der Waals surface area contributed by atoms with Crippen molar-refractivity contribution in [3.8, 4) is 0 Å². The zero-order valence-electron chi connectivity index (χ0n) is 10.4. The molecule has 1 unspecified atom stereocenters. The fourth-order valence-corrected chi connectivity index (χ4v) is 2.26. The minimum atomic E-state index is -4.34. The van der Waals surface area contributed by atoms with Crippen molar-refractivity contribution < 1.29 is 13.2 Å². The Morgan fingerprint density at radius 3 is 2.60 bits per heavy atom. The van der Waals surface area contributed by atoms with Gasteiger partial charge in [-0.3, -0.25) is 4.98 Å². The van der Waals surface area contributed by atoms with Gasteiger partial charge >= 0.3 is 6.18 Å². The highest BCUT2D eigenvalue weighted by molar-refractivity contribution is 9.10. The topological polar surface area (TPSA) is 38.9 Å². The van der Waals surface area contributed by atoms with Gasteiger partial charge in [0.1, 0.15) is 0 Å². The standard InChI is InChI=1S/C14H12BrF3N2/c15-12-6-10(7-20-8-12)13(19)5-9-2-1-3-11(4-9)14(16,17)18/h1-4,6-8,13H,5,19H2. The quantitative estimate of drug-likeness (QED) is 0.910. The van der Waals surface area contributed by atoms with Gasteiger partial charge in [-0.1, -0.05) is 18.2 Å². The molecule has 1 atom stereocenters. The largest absolute Gasteiger partial charge is 0.416 e. The normalized spacial score (nSPS) is 13.2. The van der Waals surface area contributed by atoms with E-state index in [-0.39, 0.29) is 0 Å². The molecule has 1 aromatic heterocycles. The number of halogens is 4. The number of benzene rings is 1. The van der Waals surface area contributed by atoms with E-state index >= 15 is 0 Å². The van der Waals surface area contributed by atoms with Crippen LogP contribution in [0.3, 0.4) is 0 Å². The third kappa shape index (κ3) is 3.80. The van der Waals surface area contributed by atoms with Gasteiger partial charge in [0.15, 0.2) is 0 Å². The summed E-state index contributed by atoms with van der Waals surface area (Å²) in [6, 6.07) is 6.63. The van der Waals surface area contributed by atoms with E-state index in [1.165, 1.54) is 6.07 Å². The summed E-state index contributed by atoms with van der Waals surface area (Å²) in [5.41, 5.74) is 6.68. The first-order chi connectivity index (χ1) is 9.36. The van der Waals surface area contributed by atoms with Crippen LogP contribution in [0.1, 0.15) is 22.7 Å². The number of rotatable bonds is 3. The third-order valence-electron chi connectivity index (χ3n) is 2.86. The molecule has 2 rings (SSSR count). The van der Waals surface area contributed by atoms with Crippen LogP contribution in [0.15, 0.2) is 47.2 Å². The molecule has 0 aliphatic rings. The monoisotopic (exact) mass is 344 g/mol. The fraction of sp³-hybridized carbons (Fsp3) is 0.214. The van der Waals surface area contributed by atoms with Crippen LogP contribution < -0.4 is 5.73 Å². The summed E-state index contributed by atoms with van der Waals surface area (Å²) >= 11 is 3.29. The molecule has 1 heterocycles. The molecule has 0 aliphatic heterocycles. The van der Waals surface area contributed by atoms with Crippen LogP contribution in [-0.2, 0) is 12.6 Å². The van der Waals surface area contributed by atoms with E-state index in [9.17, 15) is 13.2 Å². The molecule has 1 aromatic carbocycles. The molecule has 2 N–H and O–H groups in total. The van der Waals surface area contributed by atoms with Gasteiger partial charge in [-0.15, -0.1) is 0 Å². The highest BCUT2D eigenvalue weighted by Crippen LogP contribution is 2.30. The second kappa shape index (κ2) is 5.93. The maximum atomic E-state index is 12.6. The summed E-state index contributed by atoms with van der Waals surface area (Å²) in [4.78, 5) is 4.00. The number of hydrogen-bond donors (Lipinski definition) is 1. The number of hydrogen-bond acceptors (Lipinski definition) is 2. The van der Waals surface area contributed by atoms with Crippen molar-refractivity contribution in [3.63, 3.8) is 0 Å². The molecule has 0 bridgehead atoms. The van der Waals surface area contributed by atoms with Crippen LogP contribution in [0.25, 0.3) is 0 Å². The Labute approximate surface area is 123 Å². The Morgan fingerprint density at radius 1 is 1.20 bits per heavy atom. The molecular formula is C14H12BrF3N2. The first-order valence-corrected chi connectivity index (χ1v) is 6.68. The molecule has 0 fully saturated rings. The van der Waals surface area contributed by atoms with E-state index in [4.69, 9.17) is 5.73 Å². The van der Waals surface area contributed by atoms with Crippen molar-refractivity contribution in [2.45, 2.75) is 18.6 Å². The van der Waals surface area contributed by atoms with Gasteiger partial charge < -0.3 is 5.73 Å². The van der Waals surface area contributed by atoms with E-state index in [1.54, 1.807) is 18.5 Å². The van der Waals surface area contributed by atoms with Gasteiger partial charge in [-0.2, -0.15) is 13.2 Å². The first kappa shape index (κ1) is 15.0. The van der Waals surface area contributed by atoms with E-state index < -0.39 is 17.8 Å². The van der Waals surface area contributed by atoms with Crippen LogP contribution in [-0.4, -0.2) is 4.98 Å². The molecule has 0 radical (unpaired) electrons. The molecule has 0 aliphatic carbocycles. The van der Waals surface area contributed by atoms with E-state index in [0.717, 1.165) is 22.2 Å². The van der Waals surface area contributed by atoms with Crippen LogP contribution in [0, 0.1) is 0 Å². The molecule has 0 spiro atoms. The molecule has 0 saturated carbocycles. The van der Waals surface area contributed by atoms with Gasteiger partial charge in [0.25, 0.3) is 0 Å². The average Bonchev–Trinajstić information content (AvgIpc) is 2.38. The maximum absolute atomic E-state index is 12.6. The molecule has 0 saturated heterocycles. The smallest absolute Gasteiger partial charge is 0.324 e. The average molecular weight is 345 g/mol. The number of pyridine rings is 1. The predicted octanol–water partition coefficient (Wildman–Crippen LogP) is 4.11. The SMILES string of the molecule is NC(Cc1cccc(C(F)(F)F)c1)c1cncc(Br)c1. The number of aromatic nitrogens is 1. The van der Waals surface area contributed by atoms with Gasteiger partial charge in [0.05, 0.1) is 5.56 Å². The fourth-order valence-electron chi connectivity index (χ4n) is 1.88. The highest BCUT2D eigenvalue weighted by Gasteiger charge is 2.30. The zero-order valence-corrected chi connectivity index (χ0v) is 11.9. The molecule has 6 heteroatoms. The summed E-state index contributed by atoms with van der Waals surface area (Å²) in [6.45, 7) is 0. The van der Waals surface area contributed by atoms with Gasteiger partial charge in [-0.05, 0) is 45.6 Å². The number of nitrogens with zero attached hydrogens (tertiary/aromatic N) is 1. The number of alkyl halides is 3. The lowest BCUT2D eigenvalue weighted by Crippen LogP contribution is -2.14. The summed E-state index contributed by atoms with van der Waals surface area (Å²) in [5, 5.41) is 0. The third-order valence-corrected chi connectivity index (χ3v) is 3.30. The van der Waals surface area contributed by atoms with Crippen LogP contribution in [0.5, 0.6) is 0 Å². The molecule has 106 valence electrons. The second-order valence-electron chi connectivity index (χ2n) is 4.45. The number of nitrogens with two attached hydrogens (primary N) is 1. The van der Waals surface area contributed by atoms with Gasteiger partial charge in [0.2, 0.25) is 0 Å². The van der Waals surface area contributed by atoms with Crippen molar-refractivity contribution in [1.29, 1.82) is 0 Å². The Bertz CT molecular complexity index is 599. The zero-order chi connectivity index (χ0) is 14.8. The molecule has 2 aromatic rings. The van der Waals surface area contributed by atoms with Crippen molar-refractivity contribution in [3.05, 3.63) is 63.9 Å².